The maximum atomic E-state index is 13.3. The number of anilines is 1. The molecule has 1 aliphatic rings. The fourth-order valence-electron chi connectivity index (χ4n) is 2.45. The molecule has 3 rings (SSSR count). The zero-order valence-corrected chi connectivity index (χ0v) is 10.8. The van der Waals surface area contributed by atoms with Crippen molar-refractivity contribution < 1.29 is 13.2 Å². The van der Waals surface area contributed by atoms with E-state index in [-0.39, 0.29) is 11.4 Å². The van der Waals surface area contributed by atoms with Crippen molar-refractivity contribution in [2.75, 3.05) is 12.4 Å². The molecule has 0 unspecified atom stereocenters. The molecule has 0 radical (unpaired) electrons. The molecule has 1 N–H and O–H groups in total. The van der Waals surface area contributed by atoms with Crippen LogP contribution in [-0.2, 0) is 12.8 Å². The number of halogens is 3. The minimum atomic E-state index is -1.48. The van der Waals surface area contributed by atoms with Crippen molar-refractivity contribution in [3.63, 3.8) is 0 Å². The van der Waals surface area contributed by atoms with E-state index in [4.69, 9.17) is 0 Å². The molecule has 1 heterocycles. The Labute approximate surface area is 113 Å². The fourth-order valence-corrected chi connectivity index (χ4v) is 2.45. The van der Waals surface area contributed by atoms with Crippen molar-refractivity contribution in [2.45, 2.75) is 19.3 Å². The molecule has 0 spiro atoms. The zero-order chi connectivity index (χ0) is 14.3. The molecule has 0 amide bonds. The molecule has 20 heavy (non-hydrogen) atoms. The van der Waals surface area contributed by atoms with Gasteiger partial charge in [0.25, 0.3) is 0 Å². The van der Waals surface area contributed by atoms with Crippen LogP contribution in [0.4, 0.5) is 19.0 Å². The summed E-state index contributed by atoms with van der Waals surface area (Å²) in [5.41, 5.74) is 2.05. The number of aryl methyl sites for hydroxylation is 1. The number of hydrogen-bond acceptors (Lipinski definition) is 3. The van der Waals surface area contributed by atoms with Gasteiger partial charge in [-0.05, 0) is 31.4 Å². The summed E-state index contributed by atoms with van der Waals surface area (Å²) in [7, 11) is 1.73. The van der Waals surface area contributed by atoms with E-state index in [1.54, 1.807) is 7.05 Å². The third-order valence-corrected chi connectivity index (χ3v) is 3.41. The van der Waals surface area contributed by atoms with Gasteiger partial charge in [-0.3, -0.25) is 0 Å². The Morgan fingerprint density at radius 2 is 1.75 bits per heavy atom. The van der Waals surface area contributed by atoms with Crippen molar-refractivity contribution >= 4 is 5.82 Å². The van der Waals surface area contributed by atoms with Crippen LogP contribution in [0.3, 0.4) is 0 Å². The summed E-state index contributed by atoms with van der Waals surface area (Å²) in [5, 5.41) is 2.97. The van der Waals surface area contributed by atoms with E-state index < -0.39 is 17.5 Å². The lowest BCUT2D eigenvalue weighted by atomic mass is 10.1. The average molecular weight is 279 g/mol. The van der Waals surface area contributed by atoms with Gasteiger partial charge in [-0.15, -0.1) is 0 Å². The maximum absolute atomic E-state index is 13.3. The molecule has 104 valence electrons. The molecule has 0 saturated carbocycles. The van der Waals surface area contributed by atoms with Gasteiger partial charge in [0.2, 0.25) is 0 Å². The van der Waals surface area contributed by atoms with Crippen LogP contribution in [0.15, 0.2) is 12.1 Å². The van der Waals surface area contributed by atoms with E-state index in [9.17, 15) is 13.2 Å². The SMILES string of the molecule is CNc1nc(-c2cc(F)c(F)c(F)c2)nc2c1CCC2. The Balaban J connectivity index is 2.16. The van der Waals surface area contributed by atoms with Gasteiger partial charge in [0.05, 0.1) is 0 Å². The number of aromatic nitrogens is 2. The molecule has 0 bridgehead atoms. The lowest BCUT2D eigenvalue weighted by Crippen LogP contribution is -2.04. The first-order valence-corrected chi connectivity index (χ1v) is 6.32. The Hall–Kier alpha value is -2.11. The molecule has 6 heteroatoms. The van der Waals surface area contributed by atoms with Crippen LogP contribution in [0, 0.1) is 17.5 Å². The van der Waals surface area contributed by atoms with Crippen LogP contribution >= 0.6 is 0 Å². The number of nitrogens with one attached hydrogen (secondary N) is 1. The first-order chi connectivity index (χ1) is 9.60. The number of fused-ring (bicyclic) bond motifs is 1. The first-order valence-electron chi connectivity index (χ1n) is 6.32. The molecule has 2 aromatic rings. The van der Waals surface area contributed by atoms with Gasteiger partial charge >= 0.3 is 0 Å². The van der Waals surface area contributed by atoms with E-state index in [0.29, 0.717) is 5.82 Å². The number of nitrogens with zero attached hydrogens (tertiary/aromatic N) is 2. The Morgan fingerprint density at radius 1 is 1.05 bits per heavy atom. The normalized spacial score (nSPS) is 13.4. The van der Waals surface area contributed by atoms with Crippen molar-refractivity contribution in [2.24, 2.45) is 0 Å². The summed E-state index contributed by atoms with van der Waals surface area (Å²) < 4.78 is 39.6. The molecule has 0 aliphatic heterocycles. The quantitative estimate of drug-likeness (QED) is 0.858. The summed E-state index contributed by atoms with van der Waals surface area (Å²) in [6.45, 7) is 0. The predicted octanol–water partition coefficient (Wildman–Crippen LogP) is 3.09. The topological polar surface area (TPSA) is 37.8 Å². The van der Waals surface area contributed by atoms with E-state index in [1.807, 2.05) is 0 Å². The second-order valence-corrected chi connectivity index (χ2v) is 4.68. The van der Waals surface area contributed by atoms with Crippen LogP contribution < -0.4 is 5.32 Å². The second kappa shape index (κ2) is 4.77. The maximum Gasteiger partial charge on any atom is 0.194 e. The highest BCUT2D eigenvalue weighted by Gasteiger charge is 2.20. The first kappa shape index (κ1) is 12.9. The van der Waals surface area contributed by atoms with Crippen LogP contribution in [0.1, 0.15) is 17.7 Å². The van der Waals surface area contributed by atoms with E-state index in [0.717, 1.165) is 42.7 Å². The van der Waals surface area contributed by atoms with Gasteiger partial charge < -0.3 is 5.32 Å². The molecular formula is C14H12F3N3. The van der Waals surface area contributed by atoms with E-state index in [2.05, 4.69) is 15.3 Å². The van der Waals surface area contributed by atoms with Crippen LogP contribution in [-0.4, -0.2) is 17.0 Å². The van der Waals surface area contributed by atoms with E-state index in [1.165, 1.54) is 0 Å². The predicted molar refractivity (Wildman–Crippen MR) is 68.9 cm³/mol. The molecule has 0 fully saturated rings. The highest BCUT2D eigenvalue weighted by atomic mass is 19.2. The highest BCUT2D eigenvalue weighted by molar-refractivity contribution is 5.60. The minimum absolute atomic E-state index is 0.132. The van der Waals surface area contributed by atoms with Crippen molar-refractivity contribution in [3.05, 3.63) is 40.8 Å². The van der Waals surface area contributed by atoms with Gasteiger partial charge in [0.15, 0.2) is 23.3 Å². The summed E-state index contributed by atoms with van der Waals surface area (Å²) >= 11 is 0. The molecule has 0 saturated heterocycles. The fraction of sp³-hybridized carbons (Fsp3) is 0.286. The number of hydrogen-bond donors (Lipinski definition) is 1. The van der Waals surface area contributed by atoms with Crippen LogP contribution in [0.5, 0.6) is 0 Å². The minimum Gasteiger partial charge on any atom is -0.373 e. The van der Waals surface area contributed by atoms with Crippen molar-refractivity contribution in [1.82, 2.24) is 9.97 Å². The van der Waals surface area contributed by atoms with Crippen molar-refractivity contribution in [1.29, 1.82) is 0 Å². The molecule has 1 aromatic carbocycles. The van der Waals surface area contributed by atoms with Crippen LogP contribution in [0.25, 0.3) is 11.4 Å². The van der Waals surface area contributed by atoms with Gasteiger partial charge in [-0.1, -0.05) is 0 Å². The monoisotopic (exact) mass is 279 g/mol. The van der Waals surface area contributed by atoms with Crippen LogP contribution in [0.2, 0.25) is 0 Å². The summed E-state index contributed by atoms with van der Waals surface area (Å²) in [6.07, 6.45) is 2.68. The summed E-state index contributed by atoms with van der Waals surface area (Å²) in [4.78, 5) is 8.60. The Bertz CT molecular complexity index is 663. The number of rotatable bonds is 2. The Kier molecular flexibility index (Phi) is 3.08. The zero-order valence-electron chi connectivity index (χ0n) is 10.8. The highest BCUT2D eigenvalue weighted by Crippen LogP contribution is 2.29. The second-order valence-electron chi connectivity index (χ2n) is 4.68. The number of benzene rings is 1. The molecule has 1 aromatic heterocycles. The van der Waals surface area contributed by atoms with Gasteiger partial charge in [0.1, 0.15) is 5.82 Å². The molecule has 3 nitrogen and oxygen atoms in total. The third-order valence-electron chi connectivity index (χ3n) is 3.41. The Morgan fingerprint density at radius 3 is 2.40 bits per heavy atom. The summed E-state index contributed by atoms with van der Waals surface area (Å²) in [6, 6.07) is 1.82. The van der Waals surface area contributed by atoms with Gasteiger partial charge in [0, 0.05) is 23.9 Å². The average Bonchev–Trinajstić information content (AvgIpc) is 2.91. The molecule has 0 atom stereocenters. The van der Waals surface area contributed by atoms with Crippen molar-refractivity contribution in [3.8, 4) is 11.4 Å². The standard InChI is InChI=1S/C14H12F3N3/c1-18-14-8-3-2-4-11(8)19-13(20-14)7-5-9(15)12(17)10(16)6-7/h5-6H,2-4H2,1H3,(H,18,19,20). The molecular weight excluding hydrogens is 267 g/mol. The van der Waals surface area contributed by atoms with Gasteiger partial charge in [-0.25, -0.2) is 23.1 Å². The summed E-state index contributed by atoms with van der Waals surface area (Å²) in [5.74, 6) is -3.10. The third kappa shape index (κ3) is 2.01. The molecule has 1 aliphatic carbocycles. The lowest BCUT2D eigenvalue weighted by molar-refractivity contribution is 0.447. The smallest absolute Gasteiger partial charge is 0.194 e. The van der Waals surface area contributed by atoms with Gasteiger partial charge in [-0.2, -0.15) is 0 Å². The van der Waals surface area contributed by atoms with E-state index >= 15 is 0 Å². The lowest BCUT2D eigenvalue weighted by Gasteiger charge is -2.10. The largest absolute Gasteiger partial charge is 0.373 e.